The monoisotopic (exact) mass is 599 g/mol. The Morgan fingerprint density at radius 2 is 1.62 bits per heavy atom. The third-order valence-corrected chi connectivity index (χ3v) is 6.42. The van der Waals surface area contributed by atoms with E-state index in [0.29, 0.717) is 18.5 Å². The van der Waals surface area contributed by atoms with E-state index in [0.717, 1.165) is 0 Å². The van der Waals surface area contributed by atoms with Crippen molar-refractivity contribution in [3.05, 3.63) is 65.0 Å². The summed E-state index contributed by atoms with van der Waals surface area (Å²) in [5.74, 6) is -12.1. The molecule has 228 valence electrons. The number of ether oxygens (including phenoxy) is 2. The van der Waals surface area contributed by atoms with Crippen LogP contribution in [-0.2, 0) is 25.7 Å². The lowest BCUT2D eigenvalue weighted by molar-refractivity contribution is -0.131. The maximum absolute atomic E-state index is 14.0. The van der Waals surface area contributed by atoms with E-state index >= 15 is 0 Å². The van der Waals surface area contributed by atoms with Gasteiger partial charge in [0.05, 0.1) is 6.04 Å². The van der Waals surface area contributed by atoms with Crippen LogP contribution in [0, 0.1) is 40.9 Å². The molecule has 0 aliphatic carbocycles. The largest absolute Gasteiger partial charge is 0.479 e. The number of ketones is 1. The summed E-state index contributed by atoms with van der Waals surface area (Å²) in [7, 11) is 0. The van der Waals surface area contributed by atoms with E-state index in [1.165, 1.54) is 24.3 Å². The van der Waals surface area contributed by atoms with Gasteiger partial charge in [0.25, 0.3) is 0 Å². The van der Waals surface area contributed by atoms with Gasteiger partial charge in [0, 0.05) is 18.5 Å². The SMILES string of the molecule is CC(C)C[C@H](NC(=O)OCc1ccc(F)cc1)C(=O)N[C@@H](C[C@@H]1CCNC1=O)C(=O)COc1c(F)c(F)cc(F)c1F. The molecule has 1 fully saturated rings. The molecule has 3 atom stereocenters. The molecular formula is C28H30F5N3O6. The maximum atomic E-state index is 14.0. The zero-order valence-electron chi connectivity index (χ0n) is 22.8. The lowest BCUT2D eigenvalue weighted by Crippen LogP contribution is -2.53. The number of Topliss-reactive ketones (excluding diaryl/α,β-unsaturated/α-hetero) is 1. The van der Waals surface area contributed by atoms with Gasteiger partial charge in [0.1, 0.15) is 25.1 Å². The minimum atomic E-state index is -1.85. The highest BCUT2D eigenvalue weighted by molar-refractivity contribution is 5.93. The van der Waals surface area contributed by atoms with Crippen molar-refractivity contribution in [3.8, 4) is 5.75 Å². The molecule has 2 aromatic carbocycles. The van der Waals surface area contributed by atoms with Gasteiger partial charge in [-0.3, -0.25) is 14.4 Å². The Bertz CT molecular complexity index is 1280. The van der Waals surface area contributed by atoms with Crippen LogP contribution in [0.4, 0.5) is 26.7 Å². The minimum Gasteiger partial charge on any atom is -0.479 e. The van der Waals surface area contributed by atoms with Crippen LogP contribution in [0.15, 0.2) is 30.3 Å². The molecule has 0 aromatic heterocycles. The summed E-state index contributed by atoms with van der Waals surface area (Å²) < 4.78 is 78.1. The predicted molar refractivity (Wildman–Crippen MR) is 137 cm³/mol. The van der Waals surface area contributed by atoms with Gasteiger partial charge in [-0.05, 0) is 42.9 Å². The minimum absolute atomic E-state index is 0.0202. The summed E-state index contributed by atoms with van der Waals surface area (Å²) in [6, 6.07) is 2.54. The molecule has 3 rings (SSSR count). The Labute approximate surface area is 238 Å². The molecule has 2 aromatic rings. The fraction of sp³-hybridized carbons (Fsp3) is 0.429. The average Bonchev–Trinajstić information content (AvgIpc) is 3.34. The molecule has 9 nitrogen and oxygen atoms in total. The molecular weight excluding hydrogens is 569 g/mol. The highest BCUT2D eigenvalue weighted by atomic mass is 19.2. The number of nitrogens with one attached hydrogen (secondary N) is 3. The average molecular weight is 600 g/mol. The first kappa shape index (κ1) is 32.3. The highest BCUT2D eigenvalue weighted by Crippen LogP contribution is 2.27. The first-order chi connectivity index (χ1) is 19.8. The van der Waals surface area contributed by atoms with Gasteiger partial charge in [0.2, 0.25) is 23.4 Å². The highest BCUT2D eigenvalue weighted by Gasteiger charge is 2.34. The van der Waals surface area contributed by atoms with E-state index in [2.05, 4.69) is 16.0 Å². The van der Waals surface area contributed by atoms with Crippen LogP contribution in [0.1, 0.15) is 38.7 Å². The van der Waals surface area contributed by atoms with Crippen LogP contribution in [-0.4, -0.2) is 48.9 Å². The van der Waals surface area contributed by atoms with Gasteiger partial charge in [0.15, 0.2) is 23.2 Å². The standard InChI is InChI=1S/C28H30F5N3O6/c1-14(2)9-21(36-28(40)42-12-15-3-5-17(29)6-4-15)27(39)35-20(10-16-7-8-34-26(16)38)22(37)13-41-25-23(32)18(30)11-19(31)24(25)33/h3-6,11,14,16,20-21H,7-10,12-13H2,1-2H3,(H,34,38)(H,35,39)(H,36,40)/t16-,20-,21-/m0/s1. The lowest BCUT2D eigenvalue weighted by Gasteiger charge is -2.25. The fourth-order valence-electron chi connectivity index (χ4n) is 4.24. The van der Waals surface area contributed by atoms with E-state index in [-0.39, 0.29) is 37.3 Å². The number of halogens is 5. The smallest absolute Gasteiger partial charge is 0.408 e. The summed E-state index contributed by atoms with van der Waals surface area (Å²) in [4.78, 5) is 50.9. The number of carbonyl (C=O) groups excluding carboxylic acids is 4. The number of alkyl carbamates (subject to hydrolysis) is 1. The maximum Gasteiger partial charge on any atom is 0.408 e. The zero-order valence-corrected chi connectivity index (χ0v) is 22.8. The second-order valence-electron chi connectivity index (χ2n) is 10.2. The first-order valence-electron chi connectivity index (χ1n) is 13.1. The molecule has 0 saturated carbocycles. The lowest BCUT2D eigenvalue weighted by atomic mass is 9.95. The number of hydrogen-bond donors (Lipinski definition) is 3. The van der Waals surface area contributed by atoms with Gasteiger partial charge < -0.3 is 25.4 Å². The van der Waals surface area contributed by atoms with Crippen molar-refractivity contribution < 1.29 is 50.6 Å². The van der Waals surface area contributed by atoms with E-state index in [1.807, 2.05) is 0 Å². The molecule has 0 unspecified atom stereocenters. The van der Waals surface area contributed by atoms with E-state index in [4.69, 9.17) is 9.47 Å². The van der Waals surface area contributed by atoms with E-state index in [1.54, 1.807) is 13.8 Å². The van der Waals surface area contributed by atoms with Gasteiger partial charge in [-0.15, -0.1) is 0 Å². The van der Waals surface area contributed by atoms with Crippen LogP contribution in [0.3, 0.4) is 0 Å². The molecule has 1 heterocycles. The summed E-state index contributed by atoms with van der Waals surface area (Å²) >= 11 is 0. The van der Waals surface area contributed by atoms with Gasteiger partial charge >= 0.3 is 6.09 Å². The van der Waals surface area contributed by atoms with Crippen molar-refractivity contribution in [2.24, 2.45) is 11.8 Å². The molecule has 0 bridgehead atoms. The van der Waals surface area contributed by atoms with Crippen molar-refractivity contribution in [1.29, 1.82) is 0 Å². The van der Waals surface area contributed by atoms with Crippen LogP contribution in [0.5, 0.6) is 5.75 Å². The normalized spacial score (nSPS) is 16.0. The van der Waals surface area contributed by atoms with Crippen LogP contribution < -0.4 is 20.7 Å². The van der Waals surface area contributed by atoms with E-state index in [9.17, 15) is 41.1 Å². The Morgan fingerprint density at radius 1 is 0.976 bits per heavy atom. The molecule has 3 amide bonds. The molecule has 1 aliphatic heterocycles. The number of amides is 3. The molecule has 0 radical (unpaired) electrons. The molecule has 0 spiro atoms. The van der Waals surface area contributed by atoms with Crippen LogP contribution in [0.2, 0.25) is 0 Å². The Hall–Kier alpha value is -4.23. The molecule has 1 aliphatic rings. The Balaban J connectivity index is 1.72. The van der Waals surface area contributed by atoms with Crippen molar-refractivity contribution in [3.63, 3.8) is 0 Å². The fourth-order valence-corrected chi connectivity index (χ4v) is 4.24. The second kappa shape index (κ2) is 14.6. The summed E-state index contributed by atoms with van der Waals surface area (Å²) in [5.41, 5.74) is 0.489. The van der Waals surface area contributed by atoms with Crippen molar-refractivity contribution in [1.82, 2.24) is 16.0 Å². The quantitative estimate of drug-likeness (QED) is 0.239. The third kappa shape index (κ3) is 8.88. The van der Waals surface area contributed by atoms with Crippen molar-refractivity contribution >= 4 is 23.7 Å². The number of hydrogen-bond acceptors (Lipinski definition) is 6. The predicted octanol–water partition coefficient (Wildman–Crippen LogP) is 3.68. The van der Waals surface area contributed by atoms with Crippen LogP contribution in [0.25, 0.3) is 0 Å². The number of carbonyl (C=O) groups is 4. The molecule has 42 heavy (non-hydrogen) atoms. The summed E-state index contributed by atoms with van der Waals surface area (Å²) in [6.45, 7) is 2.55. The number of benzene rings is 2. The number of rotatable bonds is 13. The Kier molecular flexibility index (Phi) is 11.2. The van der Waals surface area contributed by atoms with Gasteiger partial charge in [-0.25, -0.2) is 18.0 Å². The zero-order chi connectivity index (χ0) is 31.0. The molecule has 14 heteroatoms. The van der Waals surface area contributed by atoms with Gasteiger partial charge in [-0.2, -0.15) is 8.78 Å². The Morgan fingerprint density at radius 3 is 2.19 bits per heavy atom. The van der Waals surface area contributed by atoms with Crippen molar-refractivity contribution in [2.75, 3.05) is 13.2 Å². The molecule has 1 saturated heterocycles. The third-order valence-electron chi connectivity index (χ3n) is 6.42. The van der Waals surface area contributed by atoms with E-state index < -0.39 is 77.2 Å². The molecule has 3 N–H and O–H groups in total. The summed E-state index contributed by atoms with van der Waals surface area (Å²) in [5, 5.41) is 7.44. The van der Waals surface area contributed by atoms with Crippen molar-refractivity contribution in [2.45, 2.75) is 51.8 Å². The first-order valence-corrected chi connectivity index (χ1v) is 13.1. The summed E-state index contributed by atoms with van der Waals surface area (Å²) in [6.07, 6.45) is -0.745. The van der Waals surface area contributed by atoms with Crippen LogP contribution >= 0.6 is 0 Å². The second-order valence-corrected chi connectivity index (χ2v) is 10.2. The topological polar surface area (TPSA) is 123 Å². The van der Waals surface area contributed by atoms with Gasteiger partial charge in [-0.1, -0.05) is 26.0 Å².